The molecule has 3 rings (SSSR count). The molecule has 11 heteroatoms. The number of ketones is 1. The van der Waals surface area contributed by atoms with Crippen molar-refractivity contribution >= 4 is 29.6 Å². The Morgan fingerprint density at radius 1 is 1.00 bits per heavy atom. The van der Waals surface area contributed by atoms with Crippen LogP contribution in [0.15, 0.2) is 43.0 Å². The van der Waals surface area contributed by atoms with E-state index in [-0.39, 0.29) is 24.9 Å². The second kappa shape index (κ2) is 14.9. The topological polar surface area (TPSA) is 152 Å². The molecule has 42 heavy (non-hydrogen) atoms. The molecule has 0 bridgehead atoms. The maximum absolute atomic E-state index is 13.6. The lowest BCUT2D eigenvalue weighted by molar-refractivity contribution is -0.136. The zero-order valence-corrected chi connectivity index (χ0v) is 24.9. The van der Waals surface area contributed by atoms with Crippen molar-refractivity contribution in [3.63, 3.8) is 0 Å². The molecule has 1 heterocycles. The molecule has 0 aromatic heterocycles. The molecule has 0 spiro atoms. The highest BCUT2D eigenvalue weighted by Gasteiger charge is 2.37. The Hall–Kier alpha value is -3.73. The van der Waals surface area contributed by atoms with E-state index in [2.05, 4.69) is 27.8 Å². The van der Waals surface area contributed by atoms with Gasteiger partial charge in [-0.15, -0.1) is 0 Å². The summed E-state index contributed by atoms with van der Waals surface area (Å²) in [5, 5.41) is 10.9. The normalized spacial score (nSPS) is 19.4. The SMILES string of the molecule is C=CC(=O)C(C[C@@H]1CCNC1=O)NC(=O)[C@H](CC1CC1)NC(=O)[C@@H](NC(=O)OCc1ccccc1)[C@@H](C)OC(C)(C)C. The van der Waals surface area contributed by atoms with Crippen molar-refractivity contribution in [2.45, 2.75) is 96.2 Å². The first-order valence-corrected chi connectivity index (χ1v) is 14.6. The molecule has 1 aromatic carbocycles. The van der Waals surface area contributed by atoms with Crippen molar-refractivity contribution in [3.8, 4) is 0 Å². The predicted molar refractivity (Wildman–Crippen MR) is 156 cm³/mol. The van der Waals surface area contributed by atoms with Gasteiger partial charge in [0.15, 0.2) is 5.78 Å². The van der Waals surface area contributed by atoms with Crippen LogP contribution in [0, 0.1) is 11.8 Å². The van der Waals surface area contributed by atoms with Gasteiger partial charge in [-0.05, 0) is 64.5 Å². The molecule has 1 aromatic rings. The summed E-state index contributed by atoms with van der Waals surface area (Å²) in [6.45, 7) is 11.2. The Morgan fingerprint density at radius 3 is 2.24 bits per heavy atom. The lowest BCUT2D eigenvalue weighted by atomic mass is 9.95. The van der Waals surface area contributed by atoms with Crippen LogP contribution in [0.2, 0.25) is 0 Å². The summed E-state index contributed by atoms with van der Waals surface area (Å²) >= 11 is 0. The van der Waals surface area contributed by atoms with Crippen LogP contribution >= 0.6 is 0 Å². The van der Waals surface area contributed by atoms with E-state index in [0.29, 0.717) is 19.4 Å². The number of ether oxygens (including phenoxy) is 2. The summed E-state index contributed by atoms with van der Waals surface area (Å²) in [6.07, 6.45) is 2.47. The fourth-order valence-electron chi connectivity index (χ4n) is 4.91. The second-order valence-electron chi connectivity index (χ2n) is 12.0. The summed E-state index contributed by atoms with van der Waals surface area (Å²) in [6, 6.07) is 6.04. The molecule has 4 N–H and O–H groups in total. The van der Waals surface area contributed by atoms with E-state index in [1.54, 1.807) is 6.92 Å². The number of amides is 4. The number of alkyl carbamates (subject to hydrolysis) is 1. The zero-order valence-electron chi connectivity index (χ0n) is 24.9. The van der Waals surface area contributed by atoms with Gasteiger partial charge in [0.2, 0.25) is 17.7 Å². The first kappa shape index (κ1) is 32.8. The molecule has 2 aliphatic rings. The van der Waals surface area contributed by atoms with Crippen molar-refractivity contribution in [2.75, 3.05) is 6.54 Å². The summed E-state index contributed by atoms with van der Waals surface area (Å²) in [5.41, 5.74) is 0.163. The van der Waals surface area contributed by atoms with Gasteiger partial charge in [0, 0.05) is 12.5 Å². The average Bonchev–Trinajstić information content (AvgIpc) is 3.67. The number of hydrogen-bond acceptors (Lipinski definition) is 7. The van der Waals surface area contributed by atoms with E-state index in [4.69, 9.17) is 9.47 Å². The van der Waals surface area contributed by atoms with Crippen LogP contribution < -0.4 is 21.3 Å². The molecule has 1 saturated heterocycles. The summed E-state index contributed by atoms with van der Waals surface area (Å²) in [4.78, 5) is 64.5. The van der Waals surface area contributed by atoms with Crippen molar-refractivity contribution in [3.05, 3.63) is 48.6 Å². The van der Waals surface area contributed by atoms with Crippen LogP contribution in [0.5, 0.6) is 0 Å². The Bertz CT molecular complexity index is 1130. The monoisotopic (exact) mass is 584 g/mol. The molecule has 2 fully saturated rings. The second-order valence-corrected chi connectivity index (χ2v) is 12.0. The minimum atomic E-state index is -1.17. The van der Waals surface area contributed by atoms with Crippen molar-refractivity contribution in [1.82, 2.24) is 21.3 Å². The van der Waals surface area contributed by atoms with Gasteiger partial charge in [0.05, 0.1) is 17.7 Å². The molecule has 0 radical (unpaired) electrons. The highest BCUT2D eigenvalue weighted by atomic mass is 16.6. The van der Waals surface area contributed by atoms with Gasteiger partial charge in [-0.2, -0.15) is 0 Å². The molecular formula is C31H44N4O7. The first-order chi connectivity index (χ1) is 19.9. The average molecular weight is 585 g/mol. The summed E-state index contributed by atoms with van der Waals surface area (Å²) in [7, 11) is 0. The van der Waals surface area contributed by atoms with Crippen LogP contribution in [-0.4, -0.2) is 66.0 Å². The lowest BCUT2D eigenvalue weighted by Gasteiger charge is -2.31. The maximum Gasteiger partial charge on any atom is 0.408 e. The standard InChI is InChI=1S/C31H44N4O7/c1-6-25(36)23(17-22-14-15-32-27(22)37)33-28(38)24(16-20-12-13-20)34-29(39)26(19(2)42-31(3,4)5)35-30(40)41-18-21-10-8-7-9-11-21/h6-11,19-20,22-24,26H,1,12-18H2,2-5H3,(H,32,37)(H,33,38)(H,34,39)(H,35,40)/t19-,22+,23?,24+,26+/m1/s1. The minimum absolute atomic E-state index is 0.0139. The molecule has 5 atom stereocenters. The molecule has 4 amide bonds. The van der Waals surface area contributed by atoms with Gasteiger partial charge in [-0.3, -0.25) is 19.2 Å². The number of carbonyl (C=O) groups is 5. The number of nitrogens with one attached hydrogen (secondary N) is 4. The molecule has 1 aliphatic heterocycles. The van der Waals surface area contributed by atoms with E-state index in [1.807, 2.05) is 51.1 Å². The first-order valence-electron chi connectivity index (χ1n) is 14.6. The fourth-order valence-corrected chi connectivity index (χ4v) is 4.91. The number of benzene rings is 1. The van der Waals surface area contributed by atoms with Gasteiger partial charge < -0.3 is 30.7 Å². The number of rotatable bonds is 15. The largest absolute Gasteiger partial charge is 0.445 e. The van der Waals surface area contributed by atoms with Crippen molar-refractivity contribution in [2.24, 2.45) is 11.8 Å². The van der Waals surface area contributed by atoms with Crippen LogP contribution in [-0.2, 0) is 35.3 Å². The third kappa shape index (κ3) is 10.6. The van der Waals surface area contributed by atoms with Crippen LogP contribution in [0.4, 0.5) is 4.79 Å². The molecule has 11 nitrogen and oxygen atoms in total. The molecule has 1 unspecified atom stereocenters. The lowest BCUT2D eigenvalue weighted by Crippen LogP contribution is -2.59. The van der Waals surface area contributed by atoms with Gasteiger partial charge in [-0.25, -0.2) is 4.79 Å². The molecule has 1 saturated carbocycles. The molecular weight excluding hydrogens is 540 g/mol. The van der Waals surface area contributed by atoms with Crippen molar-refractivity contribution in [1.29, 1.82) is 0 Å². The van der Waals surface area contributed by atoms with Gasteiger partial charge in [0.25, 0.3) is 0 Å². The van der Waals surface area contributed by atoms with Crippen molar-refractivity contribution < 1.29 is 33.4 Å². The van der Waals surface area contributed by atoms with Crippen LogP contribution in [0.3, 0.4) is 0 Å². The van der Waals surface area contributed by atoms with Crippen LogP contribution in [0.25, 0.3) is 0 Å². The third-order valence-electron chi connectivity index (χ3n) is 7.22. The van der Waals surface area contributed by atoms with Gasteiger partial charge in [-0.1, -0.05) is 49.8 Å². The van der Waals surface area contributed by atoms with Crippen LogP contribution in [0.1, 0.15) is 65.4 Å². The molecule has 1 aliphatic carbocycles. The van der Waals surface area contributed by atoms with E-state index in [0.717, 1.165) is 24.5 Å². The third-order valence-corrected chi connectivity index (χ3v) is 7.22. The summed E-state index contributed by atoms with van der Waals surface area (Å²) < 4.78 is 11.3. The fraction of sp³-hybridized carbons (Fsp3) is 0.581. The Morgan fingerprint density at radius 2 is 1.67 bits per heavy atom. The minimum Gasteiger partial charge on any atom is -0.445 e. The zero-order chi connectivity index (χ0) is 30.9. The smallest absolute Gasteiger partial charge is 0.408 e. The highest BCUT2D eigenvalue weighted by Crippen LogP contribution is 2.33. The van der Waals surface area contributed by atoms with E-state index >= 15 is 0 Å². The molecule has 230 valence electrons. The predicted octanol–water partition coefficient (Wildman–Crippen LogP) is 2.54. The number of carbonyl (C=O) groups excluding carboxylic acids is 5. The van der Waals surface area contributed by atoms with Gasteiger partial charge >= 0.3 is 6.09 Å². The summed E-state index contributed by atoms with van der Waals surface area (Å²) in [5.74, 6) is -1.88. The van der Waals surface area contributed by atoms with E-state index in [1.165, 1.54) is 0 Å². The number of hydrogen-bond donors (Lipinski definition) is 4. The Labute approximate surface area is 247 Å². The van der Waals surface area contributed by atoms with E-state index < -0.39 is 59.4 Å². The van der Waals surface area contributed by atoms with E-state index in [9.17, 15) is 24.0 Å². The Kier molecular flexibility index (Phi) is 11.7. The van der Waals surface area contributed by atoms with Gasteiger partial charge in [0.1, 0.15) is 18.7 Å². The highest BCUT2D eigenvalue weighted by molar-refractivity contribution is 5.98. The maximum atomic E-state index is 13.6. The quantitative estimate of drug-likeness (QED) is 0.231. The Balaban J connectivity index is 1.72.